The SMILES string of the molecule is COCC(C)N1CC(C)C1. The van der Waals surface area contributed by atoms with E-state index in [1.165, 1.54) is 13.1 Å². The number of hydrogen-bond acceptors (Lipinski definition) is 2. The number of ether oxygens (including phenoxy) is 1. The van der Waals surface area contributed by atoms with Gasteiger partial charge in [0.15, 0.2) is 0 Å². The van der Waals surface area contributed by atoms with E-state index >= 15 is 0 Å². The molecule has 60 valence electrons. The maximum absolute atomic E-state index is 5.05. The summed E-state index contributed by atoms with van der Waals surface area (Å²) < 4.78 is 5.05. The van der Waals surface area contributed by atoms with Gasteiger partial charge in [0, 0.05) is 26.2 Å². The Bertz CT molecular complexity index is 96.7. The van der Waals surface area contributed by atoms with Gasteiger partial charge in [0.1, 0.15) is 0 Å². The van der Waals surface area contributed by atoms with Crippen LogP contribution in [0.25, 0.3) is 0 Å². The Morgan fingerprint density at radius 3 is 2.60 bits per heavy atom. The van der Waals surface area contributed by atoms with Crippen molar-refractivity contribution in [3.05, 3.63) is 0 Å². The second-order valence-corrected chi connectivity index (χ2v) is 3.36. The van der Waals surface area contributed by atoms with Gasteiger partial charge in [0.05, 0.1) is 6.61 Å². The van der Waals surface area contributed by atoms with Gasteiger partial charge in [-0.15, -0.1) is 0 Å². The lowest BCUT2D eigenvalue weighted by Gasteiger charge is -2.41. The molecule has 0 amide bonds. The van der Waals surface area contributed by atoms with Crippen molar-refractivity contribution in [3.63, 3.8) is 0 Å². The Balaban J connectivity index is 2.11. The van der Waals surface area contributed by atoms with Gasteiger partial charge in [-0.05, 0) is 12.8 Å². The Labute approximate surface area is 63.2 Å². The van der Waals surface area contributed by atoms with E-state index in [9.17, 15) is 0 Å². The van der Waals surface area contributed by atoms with E-state index in [0.29, 0.717) is 6.04 Å². The Kier molecular flexibility index (Phi) is 2.69. The fourth-order valence-electron chi connectivity index (χ4n) is 1.45. The Hall–Kier alpha value is -0.0800. The average molecular weight is 143 g/mol. The molecule has 0 radical (unpaired) electrons. The highest BCUT2D eigenvalue weighted by Gasteiger charge is 2.26. The van der Waals surface area contributed by atoms with Crippen LogP contribution in [0, 0.1) is 5.92 Å². The van der Waals surface area contributed by atoms with Gasteiger partial charge in [0.2, 0.25) is 0 Å². The largest absolute Gasteiger partial charge is 0.383 e. The lowest BCUT2D eigenvalue weighted by Crippen LogP contribution is -2.51. The molecule has 2 nitrogen and oxygen atoms in total. The maximum atomic E-state index is 5.05. The summed E-state index contributed by atoms with van der Waals surface area (Å²) in [7, 11) is 1.76. The van der Waals surface area contributed by atoms with Gasteiger partial charge in [-0.25, -0.2) is 0 Å². The zero-order chi connectivity index (χ0) is 7.56. The van der Waals surface area contributed by atoms with Crippen molar-refractivity contribution in [2.45, 2.75) is 19.9 Å². The molecule has 1 atom stereocenters. The van der Waals surface area contributed by atoms with E-state index in [-0.39, 0.29) is 0 Å². The summed E-state index contributed by atoms with van der Waals surface area (Å²) in [4.78, 5) is 2.45. The van der Waals surface area contributed by atoms with E-state index < -0.39 is 0 Å². The molecule has 0 aromatic heterocycles. The monoisotopic (exact) mass is 143 g/mol. The first-order valence-electron chi connectivity index (χ1n) is 3.97. The van der Waals surface area contributed by atoms with Gasteiger partial charge >= 0.3 is 0 Å². The maximum Gasteiger partial charge on any atom is 0.0615 e. The van der Waals surface area contributed by atoms with E-state index in [1.807, 2.05) is 0 Å². The first-order chi connectivity index (χ1) is 4.74. The smallest absolute Gasteiger partial charge is 0.0615 e. The molecule has 0 saturated carbocycles. The number of nitrogens with zero attached hydrogens (tertiary/aromatic N) is 1. The van der Waals surface area contributed by atoms with Gasteiger partial charge < -0.3 is 4.74 Å². The fraction of sp³-hybridized carbons (Fsp3) is 1.00. The third-order valence-electron chi connectivity index (χ3n) is 2.12. The number of rotatable bonds is 3. The van der Waals surface area contributed by atoms with Crippen molar-refractivity contribution in [1.29, 1.82) is 0 Å². The highest BCUT2D eigenvalue weighted by Crippen LogP contribution is 2.17. The van der Waals surface area contributed by atoms with Crippen molar-refractivity contribution < 1.29 is 4.74 Å². The van der Waals surface area contributed by atoms with E-state index in [1.54, 1.807) is 7.11 Å². The van der Waals surface area contributed by atoms with Crippen LogP contribution < -0.4 is 0 Å². The minimum atomic E-state index is 0.612. The summed E-state index contributed by atoms with van der Waals surface area (Å²) in [5.74, 6) is 0.902. The molecule has 1 unspecified atom stereocenters. The minimum absolute atomic E-state index is 0.612. The minimum Gasteiger partial charge on any atom is -0.383 e. The number of likely N-dealkylation sites (tertiary alicyclic amines) is 1. The van der Waals surface area contributed by atoms with E-state index in [4.69, 9.17) is 4.74 Å². The summed E-state index contributed by atoms with van der Waals surface area (Å²) >= 11 is 0. The molecule has 1 rings (SSSR count). The van der Waals surface area contributed by atoms with Crippen LogP contribution in [0.2, 0.25) is 0 Å². The van der Waals surface area contributed by atoms with Crippen LogP contribution in [0.4, 0.5) is 0 Å². The topological polar surface area (TPSA) is 12.5 Å². The molecule has 0 aromatic carbocycles. The lowest BCUT2D eigenvalue weighted by atomic mass is 10.0. The molecule has 10 heavy (non-hydrogen) atoms. The normalized spacial score (nSPS) is 24.3. The van der Waals surface area contributed by atoms with Gasteiger partial charge in [-0.1, -0.05) is 6.92 Å². The molecule has 1 saturated heterocycles. The van der Waals surface area contributed by atoms with Gasteiger partial charge in [-0.2, -0.15) is 0 Å². The van der Waals surface area contributed by atoms with Crippen molar-refractivity contribution in [1.82, 2.24) is 4.90 Å². The summed E-state index contributed by atoms with van der Waals surface area (Å²) in [6.45, 7) is 7.88. The Morgan fingerprint density at radius 1 is 1.60 bits per heavy atom. The van der Waals surface area contributed by atoms with Crippen LogP contribution in [0.5, 0.6) is 0 Å². The quantitative estimate of drug-likeness (QED) is 0.584. The van der Waals surface area contributed by atoms with Crippen LogP contribution in [-0.2, 0) is 4.74 Å². The molecule has 2 heteroatoms. The second kappa shape index (κ2) is 3.35. The summed E-state index contributed by atoms with van der Waals surface area (Å²) in [6.07, 6.45) is 0. The molecular weight excluding hydrogens is 126 g/mol. The molecule has 0 bridgehead atoms. The lowest BCUT2D eigenvalue weighted by molar-refractivity contribution is 0.0268. The van der Waals surface area contributed by atoms with Crippen LogP contribution in [-0.4, -0.2) is 37.7 Å². The van der Waals surface area contributed by atoms with Crippen LogP contribution in [0.15, 0.2) is 0 Å². The molecule has 0 N–H and O–H groups in total. The molecule has 0 aliphatic carbocycles. The molecule has 1 fully saturated rings. The number of methoxy groups -OCH3 is 1. The van der Waals surface area contributed by atoms with Crippen LogP contribution in [0.1, 0.15) is 13.8 Å². The molecule has 0 spiro atoms. The average Bonchev–Trinajstić information content (AvgIpc) is 1.82. The fourth-order valence-corrected chi connectivity index (χ4v) is 1.45. The summed E-state index contributed by atoms with van der Waals surface area (Å²) in [5, 5.41) is 0. The third kappa shape index (κ3) is 1.70. The van der Waals surface area contributed by atoms with Crippen molar-refractivity contribution in [2.75, 3.05) is 26.8 Å². The summed E-state index contributed by atoms with van der Waals surface area (Å²) in [6, 6.07) is 0.612. The highest BCUT2D eigenvalue weighted by molar-refractivity contribution is 4.80. The van der Waals surface area contributed by atoms with Crippen molar-refractivity contribution >= 4 is 0 Å². The predicted octanol–water partition coefficient (Wildman–Crippen LogP) is 0.973. The van der Waals surface area contributed by atoms with Crippen molar-refractivity contribution in [3.8, 4) is 0 Å². The molecule has 1 aliphatic rings. The first-order valence-corrected chi connectivity index (χ1v) is 3.97. The van der Waals surface area contributed by atoms with E-state index in [2.05, 4.69) is 18.7 Å². The zero-order valence-electron chi connectivity index (χ0n) is 7.13. The molecule has 1 heterocycles. The third-order valence-corrected chi connectivity index (χ3v) is 2.12. The van der Waals surface area contributed by atoms with Gasteiger partial charge in [-0.3, -0.25) is 4.90 Å². The Morgan fingerprint density at radius 2 is 2.20 bits per heavy atom. The summed E-state index contributed by atoms with van der Waals surface area (Å²) in [5.41, 5.74) is 0. The van der Waals surface area contributed by atoms with Gasteiger partial charge in [0.25, 0.3) is 0 Å². The zero-order valence-corrected chi connectivity index (χ0v) is 7.13. The van der Waals surface area contributed by atoms with Crippen LogP contribution in [0.3, 0.4) is 0 Å². The second-order valence-electron chi connectivity index (χ2n) is 3.36. The standard InChI is InChI=1S/C8H17NO/c1-7-4-9(5-7)8(2)6-10-3/h7-8H,4-6H2,1-3H3. The molecular formula is C8H17NO. The molecule has 1 aliphatic heterocycles. The number of hydrogen-bond donors (Lipinski definition) is 0. The first kappa shape index (κ1) is 8.02. The van der Waals surface area contributed by atoms with E-state index in [0.717, 1.165) is 12.5 Å². The highest BCUT2D eigenvalue weighted by atomic mass is 16.5. The molecule has 0 aromatic rings. The van der Waals surface area contributed by atoms with Crippen molar-refractivity contribution in [2.24, 2.45) is 5.92 Å². The van der Waals surface area contributed by atoms with Crippen LogP contribution >= 0.6 is 0 Å². The predicted molar refractivity (Wildman–Crippen MR) is 42.1 cm³/mol.